The maximum absolute atomic E-state index is 13.1. The zero-order chi connectivity index (χ0) is 20.7. The Bertz CT molecular complexity index is 1290. The smallest absolute Gasteiger partial charge is 0.336 e. The molecular weight excluding hydrogens is 378 g/mol. The summed E-state index contributed by atoms with van der Waals surface area (Å²) < 4.78 is 2.16. The highest BCUT2D eigenvalue weighted by molar-refractivity contribution is 6.04. The van der Waals surface area contributed by atoms with Gasteiger partial charge in [0.15, 0.2) is 0 Å². The molecule has 0 atom stereocenters. The lowest BCUT2D eigenvalue weighted by Gasteiger charge is -2.28. The Hall–Kier alpha value is -3.93. The van der Waals surface area contributed by atoms with Crippen LogP contribution in [0.5, 0.6) is 0 Å². The van der Waals surface area contributed by atoms with E-state index >= 15 is 0 Å². The van der Waals surface area contributed by atoms with Crippen LogP contribution in [0.15, 0.2) is 72.9 Å². The molecule has 0 spiro atoms. The van der Waals surface area contributed by atoms with Gasteiger partial charge in [-0.25, -0.2) is 9.78 Å². The second kappa shape index (κ2) is 7.15. The second-order valence-electron chi connectivity index (χ2n) is 7.38. The van der Waals surface area contributed by atoms with Crippen molar-refractivity contribution in [1.29, 1.82) is 0 Å². The third-order valence-corrected chi connectivity index (χ3v) is 5.53. The maximum atomic E-state index is 13.1. The fourth-order valence-corrected chi connectivity index (χ4v) is 3.98. The first-order valence-electron chi connectivity index (χ1n) is 9.77. The van der Waals surface area contributed by atoms with Gasteiger partial charge in [-0.1, -0.05) is 30.3 Å². The molecule has 2 aromatic carbocycles. The van der Waals surface area contributed by atoms with Crippen molar-refractivity contribution in [3.8, 4) is 11.3 Å². The van der Waals surface area contributed by atoms with E-state index in [4.69, 9.17) is 0 Å². The van der Waals surface area contributed by atoms with Gasteiger partial charge in [0.25, 0.3) is 5.91 Å². The van der Waals surface area contributed by atoms with Gasteiger partial charge < -0.3 is 14.6 Å². The average molecular weight is 397 g/mol. The average Bonchev–Trinajstić information content (AvgIpc) is 3.25. The van der Waals surface area contributed by atoms with E-state index in [1.807, 2.05) is 41.4 Å². The number of carboxylic acids is 1. The summed E-state index contributed by atoms with van der Waals surface area (Å²) in [6, 6.07) is 20.0. The number of fused-ring (bicyclic) bond motifs is 2. The molecule has 0 bridgehead atoms. The number of aromatic carboxylic acids is 1. The molecule has 0 saturated heterocycles. The van der Waals surface area contributed by atoms with E-state index in [0.29, 0.717) is 35.2 Å². The van der Waals surface area contributed by atoms with Gasteiger partial charge in [-0.15, -0.1) is 0 Å². The van der Waals surface area contributed by atoms with Crippen molar-refractivity contribution in [1.82, 2.24) is 14.5 Å². The van der Waals surface area contributed by atoms with E-state index in [0.717, 1.165) is 17.8 Å². The largest absolute Gasteiger partial charge is 0.478 e. The first kappa shape index (κ1) is 18.1. The Balaban J connectivity index is 1.51. The van der Waals surface area contributed by atoms with Crippen molar-refractivity contribution >= 4 is 22.8 Å². The number of aromatic nitrogens is 2. The number of pyridine rings is 1. The van der Waals surface area contributed by atoms with Crippen LogP contribution in [0.1, 0.15) is 26.4 Å². The van der Waals surface area contributed by atoms with E-state index in [1.165, 1.54) is 0 Å². The zero-order valence-corrected chi connectivity index (χ0v) is 16.2. The van der Waals surface area contributed by atoms with Crippen molar-refractivity contribution < 1.29 is 14.7 Å². The third kappa shape index (κ3) is 3.12. The summed E-state index contributed by atoms with van der Waals surface area (Å²) in [6.07, 6.45) is 2.03. The van der Waals surface area contributed by atoms with Crippen LogP contribution in [0.25, 0.3) is 22.2 Å². The topological polar surface area (TPSA) is 75.4 Å². The van der Waals surface area contributed by atoms with E-state index in [2.05, 4.69) is 9.55 Å². The molecule has 2 aromatic heterocycles. The van der Waals surface area contributed by atoms with Crippen molar-refractivity contribution in [2.24, 2.45) is 0 Å². The summed E-state index contributed by atoms with van der Waals surface area (Å²) >= 11 is 0. The van der Waals surface area contributed by atoms with Gasteiger partial charge in [0.05, 0.1) is 23.3 Å². The van der Waals surface area contributed by atoms with Crippen LogP contribution in [0.4, 0.5) is 0 Å². The maximum Gasteiger partial charge on any atom is 0.336 e. The molecule has 5 rings (SSSR count). The SMILES string of the molecule is O=C(O)c1cc(-c2cccc(C(=O)N3CCn4cccc4C3)c2)nc2ccccc12. The Labute approximate surface area is 173 Å². The molecule has 6 nitrogen and oxygen atoms in total. The standard InChI is InChI=1S/C24H19N3O3/c28-23(27-12-11-26-10-4-7-18(26)15-27)17-6-3-5-16(13-17)22-14-20(24(29)30)19-8-1-2-9-21(19)25-22/h1-10,13-14H,11-12,15H2,(H,29,30). The lowest BCUT2D eigenvalue weighted by molar-refractivity contribution is 0.0694. The van der Waals surface area contributed by atoms with Crippen molar-refractivity contribution in [3.63, 3.8) is 0 Å². The molecule has 1 aliphatic heterocycles. The van der Waals surface area contributed by atoms with Crippen LogP contribution >= 0.6 is 0 Å². The summed E-state index contributed by atoms with van der Waals surface area (Å²) in [7, 11) is 0. The molecule has 6 heteroatoms. The van der Waals surface area contributed by atoms with E-state index < -0.39 is 5.97 Å². The molecule has 0 radical (unpaired) electrons. The van der Waals surface area contributed by atoms with Crippen LogP contribution in [-0.4, -0.2) is 38.0 Å². The summed E-state index contributed by atoms with van der Waals surface area (Å²) in [4.78, 5) is 31.3. The van der Waals surface area contributed by atoms with Crippen LogP contribution in [0.2, 0.25) is 0 Å². The number of nitrogens with zero attached hydrogens (tertiary/aromatic N) is 3. The summed E-state index contributed by atoms with van der Waals surface area (Å²) in [5.74, 6) is -1.04. The Morgan fingerprint density at radius 1 is 0.933 bits per heavy atom. The minimum absolute atomic E-state index is 0.0384. The number of amides is 1. The predicted molar refractivity (Wildman–Crippen MR) is 113 cm³/mol. The highest BCUT2D eigenvalue weighted by atomic mass is 16.4. The van der Waals surface area contributed by atoms with Gasteiger partial charge in [-0.2, -0.15) is 0 Å². The van der Waals surface area contributed by atoms with Crippen molar-refractivity contribution in [2.75, 3.05) is 6.54 Å². The Morgan fingerprint density at radius 2 is 1.80 bits per heavy atom. The molecule has 1 N–H and O–H groups in total. The highest BCUT2D eigenvalue weighted by Gasteiger charge is 2.22. The van der Waals surface area contributed by atoms with E-state index in [-0.39, 0.29) is 11.5 Å². The van der Waals surface area contributed by atoms with E-state index in [1.54, 1.807) is 36.4 Å². The van der Waals surface area contributed by atoms with Crippen molar-refractivity contribution in [2.45, 2.75) is 13.1 Å². The first-order chi connectivity index (χ1) is 14.6. The molecule has 0 fully saturated rings. The number of benzene rings is 2. The summed E-state index contributed by atoms with van der Waals surface area (Å²) in [6.45, 7) is 2.01. The van der Waals surface area contributed by atoms with Crippen LogP contribution in [-0.2, 0) is 13.1 Å². The Kier molecular flexibility index (Phi) is 4.32. The van der Waals surface area contributed by atoms with Gasteiger partial charge in [-0.3, -0.25) is 4.79 Å². The number of para-hydroxylation sites is 1. The fourth-order valence-electron chi connectivity index (χ4n) is 3.98. The lowest BCUT2D eigenvalue weighted by Crippen LogP contribution is -2.37. The molecule has 0 aliphatic carbocycles. The summed E-state index contributed by atoms with van der Waals surface area (Å²) in [5.41, 5.74) is 3.75. The fraction of sp³-hybridized carbons (Fsp3) is 0.125. The second-order valence-corrected chi connectivity index (χ2v) is 7.38. The minimum atomic E-state index is -1.00. The van der Waals surface area contributed by atoms with Gasteiger partial charge >= 0.3 is 5.97 Å². The number of carboxylic acid groups (broad SMARTS) is 1. The minimum Gasteiger partial charge on any atom is -0.478 e. The molecule has 148 valence electrons. The first-order valence-corrected chi connectivity index (χ1v) is 9.77. The van der Waals surface area contributed by atoms with Crippen molar-refractivity contribution in [3.05, 3.63) is 89.7 Å². The van der Waals surface area contributed by atoms with Crippen LogP contribution in [0.3, 0.4) is 0 Å². The quantitative estimate of drug-likeness (QED) is 0.566. The number of rotatable bonds is 3. The monoisotopic (exact) mass is 397 g/mol. The molecule has 3 heterocycles. The molecule has 0 unspecified atom stereocenters. The molecule has 4 aromatic rings. The summed E-state index contributed by atoms with van der Waals surface area (Å²) in [5, 5.41) is 10.2. The normalized spacial score (nSPS) is 13.3. The van der Waals surface area contributed by atoms with Crippen LogP contribution < -0.4 is 0 Å². The zero-order valence-electron chi connectivity index (χ0n) is 16.2. The highest BCUT2D eigenvalue weighted by Crippen LogP contribution is 2.26. The van der Waals surface area contributed by atoms with Gasteiger partial charge in [0, 0.05) is 41.5 Å². The predicted octanol–water partition coefficient (Wildman–Crippen LogP) is 4.06. The molecule has 1 amide bonds. The molecule has 1 aliphatic rings. The number of hydrogen-bond acceptors (Lipinski definition) is 3. The molecular formula is C24H19N3O3. The van der Waals surface area contributed by atoms with E-state index in [9.17, 15) is 14.7 Å². The number of hydrogen-bond donors (Lipinski definition) is 1. The molecule has 30 heavy (non-hydrogen) atoms. The van der Waals surface area contributed by atoms with Gasteiger partial charge in [-0.05, 0) is 36.4 Å². The number of carbonyl (C=O) groups is 2. The lowest BCUT2D eigenvalue weighted by atomic mass is 10.0. The van der Waals surface area contributed by atoms with Gasteiger partial charge in [0.2, 0.25) is 0 Å². The van der Waals surface area contributed by atoms with Crippen LogP contribution in [0, 0.1) is 0 Å². The third-order valence-electron chi connectivity index (χ3n) is 5.53. The van der Waals surface area contributed by atoms with Gasteiger partial charge in [0.1, 0.15) is 0 Å². The molecule has 0 saturated carbocycles. The number of carbonyl (C=O) groups excluding carboxylic acids is 1. The Morgan fingerprint density at radius 3 is 2.67 bits per heavy atom.